The van der Waals surface area contributed by atoms with Crippen LogP contribution in [0, 0.1) is 0 Å². The van der Waals surface area contributed by atoms with Crippen LogP contribution in [0.3, 0.4) is 0 Å². The molecule has 16 heavy (non-hydrogen) atoms. The highest BCUT2D eigenvalue weighted by Gasteiger charge is 2.34. The molecule has 0 radical (unpaired) electrons. The molecule has 1 amide bonds. The Morgan fingerprint density at radius 3 is 2.81 bits per heavy atom. The van der Waals surface area contributed by atoms with Crippen LogP contribution in [0.15, 0.2) is 0 Å². The summed E-state index contributed by atoms with van der Waals surface area (Å²) in [6.07, 6.45) is 3.17. The van der Waals surface area contributed by atoms with Crippen LogP contribution in [-0.4, -0.2) is 48.7 Å². The number of likely N-dealkylation sites (tertiary alicyclic amines) is 1. The second-order valence-electron chi connectivity index (χ2n) is 5.05. The van der Waals surface area contributed by atoms with Gasteiger partial charge >= 0.3 is 0 Å². The fourth-order valence-corrected chi connectivity index (χ4v) is 2.53. The molecule has 2 unspecified atom stereocenters. The first kappa shape index (κ1) is 11.9. The standard InChI is InChI=1S/C12H22N2O2/c1-9(2)14-6-5-11(12(14)15)13-10-4-3-7-16-8-10/h9-11,13H,3-8H2,1-2H3. The fraction of sp³-hybridized carbons (Fsp3) is 0.917. The van der Waals surface area contributed by atoms with Gasteiger partial charge in [-0.05, 0) is 33.1 Å². The molecule has 2 aliphatic heterocycles. The molecule has 1 N–H and O–H groups in total. The Morgan fingerprint density at radius 2 is 2.25 bits per heavy atom. The molecular weight excluding hydrogens is 204 g/mol. The van der Waals surface area contributed by atoms with Crippen molar-refractivity contribution in [3.63, 3.8) is 0 Å². The van der Waals surface area contributed by atoms with Crippen molar-refractivity contribution >= 4 is 5.91 Å². The molecule has 2 saturated heterocycles. The maximum absolute atomic E-state index is 12.0. The molecule has 2 atom stereocenters. The molecule has 0 saturated carbocycles. The third-order valence-electron chi connectivity index (χ3n) is 3.46. The van der Waals surface area contributed by atoms with Crippen molar-refractivity contribution in [1.29, 1.82) is 0 Å². The van der Waals surface area contributed by atoms with E-state index in [9.17, 15) is 4.79 Å². The Morgan fingerprint density at radius 1 is 1.44 bits per heavy atom. The quantitative estimate of drug-likeness (QED) is 0.772. The zero-order valence-electron chi connectivity index (χ0n) is 10.2. The van der Waals surface area contributed by atoms with Gasteiger partial charge in [-0.25, -0.2) is 0 Å². The molecule has 2 fully saturated rings. The van der Waals surface area contributed by atoms with Crippen LogP contribution in [0.25, 0.3) is 0 Å². The van der Waals surface area contributed by atoms with Gasteiger partial charge in [-0.1, -0.05) is 0 Å². The predicted molar refractivity (Wildman–Crippen MR) is 62.2 cm³/mol. The van der Waals surface area contributed by atoms with E-state index in [1.165, 1.54) is 0 Å². The van der Waals surface area contributed by atoms with Gasteiger partial charge in [0.05, 0.1) is 12.6 Å². The van der Waals surface area contributed by atoms with Gasteiger partial charge in [-0.2, -0.15) is 0 Å². The van der Waals surface area contributed by atoms with Crippen molar-refractivity contribution in [2.45, 2.75) is 51.2 Å². The molecule has 4 nitrogen and oxygen atoms in total. The molecule has 0 spiro atoms. The zero-order valence-corrected chi connectivity index (χ0v) is 10.2. The maximum Gasteiger partial charge on any atom is 0.240 e. The lowest BCUT2D eigenvalue weighted by atomic mass is 10.1. The number of amides is 1. The van der Waals surface area contributed by atoms with Gasteiger partial charge in [0, 0.05) is 25.2 Å². The first-order chi connectivity index (χ1) is 7.68. The zero-order chi connectivity index (χ0) is 11.5. The topological polar surface area (TPSA) is 41.6 Å². The van der Waals surface area contributed by atoms with Gasteiger partial charge in [0.1, 0.15) is 0 Å². The van der Waals surface area contributed by atoms with Crippen LogP contribution in [-0.2, 0) is 9.53 Å². The van der Waals surface area contributed by atoms with Crippen LogP contribution < -0.4 is 5.32 Å². The molecule has 4 heteroatoms. The van der Waals surface area contributed by atoms with Crippen molar-refractivity contribution < 1.29 is 9.53 Å². The molecule has 2 aliphatic rings. The Bertz CT molecular complexity index is 249. The minimum atomic E-state index is 0.0223. The number of nitrogens with one attached hydrogen (secondary N) is 1. The van der Waals surface area contributed by atoms with Gasteiger partial charge in [0.15, 0.2) is 0 Å². The van der Waals surface area contributed by atoms with Crippen molar-refractivity contribution in [2.75, 3.05) is 19.8 Å². The van der Waals surface area contributed by atoms with Gasteiger partial charge in [0.25, 0.3) is 0 Å². The van der Waals surface area contributed by atoms with E-state index in [1.807, 2.05) is 4.90 Å². The summed E-state index contributed by atoms with van der Waals surface area (Å²) in [7, 11) is 0. The summed E-state index contributed by atoms with van der Waals surface area (Å²) < 4.78 is 5.41. The van der Waals surface area contributed by atoms with E-state index in [4.69, 9.17) is 4.74 Å². The number of rotatable bonds is 3. The lowest BCUT2D eigenvalue weighted by Gasteiger charge is -2.26. The largest absolute Gasteiger partial charge is 0.380 e. The summed E-state index contributed by atoms with van der Waals surface area (Å²) in [5, 5.41) is 3.44. The van der Waals surface area contributed by atoms with E-state index in [0.29, 0.717) is 12.1 Å². The van der Waals surface area contributed by atoms with Gasteiger partial charge in [0.2, 0.25) is 5.91 Å². The Hall–Kier alpha value is -0.610. The highest BCUT2D eigenvalue weighted by molar-refractivity contribution is 5.84. The molecule has 0 aliphatic carbocycles. The minimum Gasteiger partial charge on any atom is -0.380 e. The average Bonchev–Trinajstić information content (AvgIpc) is 2.62. The Balaban J connectivity index is 1.84. The third kappa shape index (κ3) is 2.55. The van der Waals surface area contributed by atoms with Crippen molar-refractivity contribution in [1.82, 2.24) is 10.2 Å². The minimum absolute atomic E-state index is 0.0223. The average molecular weight is 226 g/mol. The van der Waals surface area contributed by atoms with Gasteiger partial charge < -0.3 is 15.0 Å². The van der Waals surface area contributed by atoms with Gasteiger partial charge in [-0.15, -0.1) is 0 Å². The van der Waals surface area contributed by atoms with Crippen LogP contribution >= 0.6 is 0 Å². The molecule has 2 rings (SSSR count). The van der Waals surface area contributed by atoms with Gasteiger partial charge in [-0.3, -0.25) is 4.79 Å². The first-order valence-electron chi connectivity index (χ1n) is 6.32. The van der Waals surface area contributed by atoms with Crippen LogP contribution in [0.1, 0.15) is 33.1 Å². The van der Waals surface area contributed by atoms with Crippen molar-refractivity contribution in [3.8, 4) is 0 Å². The Labute approximate surface area is 97.3 Å². The summed E-state index contributed by atoms with van der Waals surface area (Å²) in [5.41, 5.74) is 0. The summed E-state index contributed by atoms with van der Waals surface area (Å²) in [4.78, 5) is 14.0. The lowest BCUT2D eigenvalue weighted by molar-refractivity contribution is -0.131. The number of nitrogens with zero attached hydrogens (tertiary/aromatic N) is 1. The van der Waals surface area contributed by atoms with Crippen LogP contribution in [0.2, 0.25) is 0 Å². The fourth-order valence-electron chi connectivity index (χ4n) is 2.53. The predicted octanol–water partition coefficient (Wildman–Crippen LogP) is 0.764. The smallest absolute Gasteiger partial charge is 0.240 e. The molecule has 0 aromatic rings. The van der Waals surface area contributed by atoms with E-state index in [-0.39, 0.29) is 11.9 Å². The number of carbonyl (C=O) groups excluding carboxylic acids is 1. The van der Waals surface area contributed by atoms with E-state index >= 15 is 0 Å². The van der Waals surface area contributed by atoms with E-state index < -0.39 is 0 Å². The number of hydrogen-bond acceptors (Lipinski definition) is 3. The van der Waals surface area contributed by atoms with E-state index in [1.54, 1.807) is 0 Å². The molecular formula is C12H22N2O2. The summed E-state index contributed by atoms with van der Waals surface area (Å²) >= 11 is 0. The SMILES string of the molecule is CC(C)N1CCC(NC2CCCOC2)C1=O. The second kappa shape index (κ2) is 5.15. The molecule has 0 aromatic carbocycles. The van der Waals surface area contributed by atoms with Crippen LogP contribution in [0.5, 0.6) is 0 Å². The summed E-state index contributed by atoms with van der Waals surface area (Å²) in [6, 6.07) is 0.714. The number of hydrogen-bond donors (Lipinski definition) is 1. The summed E-state index contributed by atoms with van der Waals surface area (Å²) in [6.45, 7) is 6.66. The number of carbonyl (C=O) groups is 1. The van der Waals surface area contributed by atoms with Crippen molar-refractivity contribution in [3.05, 3.63) is 0 Å². The third-order valence-corrected chi connectivity index (χ3v) is 3.46. The Kier molecular flexibility index (Phi) is 3.82. The number of ether oxygens (including phenoxy) is 1. The molecule has 2 heterocycles. The van der Waals surface area contributed by atoms with Crippen molar-refractivity contribution in [2.24, 2.45) is 0 Å². The summed E-state index contributed by atoms with van der Waals surface area (Å²) in [5.74, 6) is 0.264. The molecule has 0 aromatic heterocycles. The monoisotopic (exact) mass is 226 g/mol. The lowest BCUT2D eigenvalue weighted by Crippen LogP contribution is -2.47. The maximum atomic E-state index is 12.0. The normalized spacial score (nSPS) is 31.4. The first-order valence-corrected chi connectivity index (χ1v) is 6.32. The van der Waals surface area contributed by atoms with E-state index in [2.05, 4.69) is 19.2 Å². The highest BCUT2D eigenvalue weighted by atomic mass is 16.5. The van der Waals surface area contributed by atoms with Crippen LogP contribution in [0.4, 0.5) is 0 Å². The molecule has 0 bridgehead atoms. The molecule has 92 valence electrons. The second-order valence-corrected chi connectivity index (χ2v) is 5.05. The van der Waals surface area contributed by atoms with E-state index in [0.717, 1.165) is 39.0 Å². The highest BCUT2D eigenvalue weighted by Crippen LogP contribution is 2.16.